The van der Waals surface area contributed by atoms with Crippen molar-refractivity contribution in [2.45, 2.75) is 19.8 Å². The number of rotatable bonds is 3. The van der Waals surface area contributed by atoms with E-state index >= 15 is 0 Å². The minimum atomic E-state index is -0.381. The van der Waals surface area contributed by atoms with Crippen LogP contribution in [0, 0.1) is 5.92 Å². The molecule has 2 saturated heterocycles. The first-order valence-corrected chi connectivity index (χ1v) is 11.6. The molecule has 31 heavy (non-hydrogen) atoms. The van der Waals surface area contributed by atoms with Crippen LogP contribution in [0.2, 0.25) is 0 Å². The van der Waals surface area contributed by atoms with Gasteiger partial charge in [0.25, 0.3) is 11.5 Å². The molecule has 1 aromatic carbocycles. The molecule has 3 aromatic rings. The quantitative estimate of drug-likeness (QED) is 0.625. The van der Waals surface area contributed by atoms with Gasteiger partial charge >= 0.3 is 0 Å². The number of carbonyl (C=O) groups excluding carboxylic acids is 1. The highest BCUT2D eigenvalue weighted by atomic mass is 32.1. The molecule has 9 heteroatoms. The van der Waals surface area contributed by atoms with Crippen molar-refractivity contribution in [3.05, 3.63) is 52.4 Å². The van der Waals surface area contributed by atoms with Crippen LogP contribution < -0.4 is 15.4 Å². The van der Waals surface area contributed by atoms with Crippen molar-refractivity contribution >= 4 is 33.0 Å². The van der Waals surface area contributed by atoms with E-state index in [1.165, 1.54) is 28.5 Å². The highest BCUT2D eigenvalue weighted by Gasteiger charge is 2.26. The predicted molar refractivity (Wildman–Crippen MR) is 122 cm³/mol. The fraction of sp³-hybridized carbons (Fsp3) is 0.455. The molecule has 0 radical (unpaired) electrons. The lowest BCUT2D eigenvalue weighted by molar-refractivity contribution is 0.0744. The number of para-hydroxylation sites is 1. The number of piperidine rings is 1. The van der Waals surface area contributed by atoms with Gasteiger partial charge in [-0.3, -0.25) is 9.59 Å². The summed E-state index contributed by atoms with van der Waals surface area (Å²) in [5.74, 6) is 0.345. The summed E-state index contributed by atoms with van der Waals surface area (Å²) >= 11 is 1.41. The normalized spacial score (nSPS) is 19.8. The van der Waals surface area contributed by atoms with Gasteiger partial charge in [0, 0.05) is 51.2 Å². The van der Waals surface area contributed by atoms with Crippen LogP contribution >= 0.6 is 11.3 Å². The molecule has 5 rings (SSSR count). The van der Waals surface area contributed by atoms with E-state index in [2.05, 4.69) is 38.9 Å². The zero-order chi connectivity index (χ0) is 21.4. The van der Waals surface area contributed by atoms with Crippen LogP contribution in [-0.2, 0) is 0 Å². The topological polar surface area (TPSA) is 74.1 Å². The first-order chi connectivity index (χ1) is 15.1. The number of nitrogens with zero attached hydrogens (tertiary/aromatic N) is 6. The molecule has 0 N–H and O–H groups in total. The van der Waals surface area contributed by atoms with Crippen LogP contribution in [-0.4, -0.2) is 64.7 Å². The minimum Gasteiger partial charge on any atom is -0.368 e. The third kappa shape index (κ3) is 3.89. The fourth-order valence-electron chi connectivity index (χ4n) is 4.39. The molecule has 2 aromatic heterocycles. The maximum atomic E-state index is 13.1. The summed E-state index contributed by atoms with van der Waals surface area (Å²) in [5, 5.41) is 5.32. The third-order valence-electron chi connectivity index (χ3n) is 6.12. The molecule has 2 aliphatic heterocycles. The Labute approximate surface area is 184 Å². The van der Waals surface area contributed by atoms with Gasteiger partial charge < -0.3 is 14.7 Å². The van der Waals surface area contributed by atoms with E-state index in [9.17, 15) is 9.59 Å². The van der Waals surface area contributed by atoms with E-state index in [0.29, 0.717) is 24.0 Å². The van der Waals surface area contributed by atoms with Crippen LogP contribution in [0.15, 0.2) is 41.3 Å². The van der Waals surface area contributed by atoms with E-state index in [4.69, 9.17) is 0 Å². The Morgan fingerprint density at radius 2 is 1.84 bits per heavy atom. The Morgan fingerprint density at radius 3 is 2.58 bits per heavy atom. The van der Waals surface area contributed by atoms with Gasteiger partial charge in [0.05, 0.1) is 0 Å². The third-order valence-corrected chi connectivity index (χ3v) is 7.11. The Morgan fingerprint density at radius 1 is 1.06 bits per heavy atom. The lowest BCUT2D eigenvalue weighted by Gasteiger charge is -2.36. The Kier molecular flexibility index (Phi) is 5.35. The average Bonchev–Trinajstić information content (AvgIpc) is 3.25. The number of hydrogen-bond acceptors (Lipinski definition) is 7. The summed E-state index contributed by atoms with van der Waals surface area (Å²) in [6.07, 6.45) is 3.76. The van der Waals surface area contributed by atoms with Crippen LogP contribution in [0.3, 0.4) is 0 Å². The van der Waals surface area contributed by atoms with Crippen LogP contribution in [0.4, 0.5) is 10.8 Å². The minimum absolute atomic E-state index is 0.0922. The number of piperazine rings is 1. The van der Waals surface area contributed by atoms with Crippen molar-refractivity contribution in [3.8, 4) is 0 Å². The molecule has 1 unspecified atom stereocenters. The number of anilines is 2. The highest BCUT2D eigenvalue weighted by molar-refractivity contribution is 7.20. The lowest BCUT2D eigenvalue weighted by Crippen LogP contribution is -2.49. The number of benzene rings is 1. The molecule has 162 valence electrons. The van der Waals surface area contributed by atoms with Gasteiger partial charge in [-0.1, -0.05) is 36.5 Å². The summed E-state index contributed by atoms with van der Waals surface area (Å²) in [5.41, 5.74) is 0.863. The van der Waals surface area contributed by atoms with Crippen molar-refractivity contribution < 1.29 is 4.79 Å². The number of carbonyl (C=O) groups is 1. The van der Waals surface area contributed by atoms with E-state index < -0.39 is 0 Å². The summed E-state index contributed by atoms with van der Waals surface area (Å²) in [6.45, 7) is 6.73. The first-order valence-electron chi connectivity index (χ1n) is 10.8. The molecule has 1 amide bonds. The van der Waals surface area contributed by atoms with Crippen LogP contribution in [0.5, 0.6) is 0 Å². The second kappa shape index (κ2) is 8.30. The van der Waals surface area contributed by atoms with Gasteiger partial charge in [0.2, 0.25) is 10.1 Å². The monoisotopic (exact) mass is 438 g/mol. The van der Waals surface area contributed by atoms with Crippen molar-refractivity contribution in [2.24, 2.45) is 5.92 Å². The van der Waals surface area contributed by atoms with E-state index in [-0.39, 0.29) is 17.0 Å². The molecular weight excluding hydrogens is 412 g/mol. The first kappa shape index (κ1) is 20.0. The predicted octanol–water partition coefficient (Wildman–Crippen LogP) is 2.35. The zero-order valence-corrected chi connectivity index (χ0v) is 18.4. The van der Waals surface area contributed by atoms with Crippen molar-refractivity contribution in [2.75, 3.05) is 49.1 Å². The maximum Gasteiger partial charge on any atom is 0.288 e. The molecule has 2 fully saturated rings. The molecule has 8 nitrogen and oxygen atoms in total. The SMILES string of the molecule is CC1CCCN(c2nn3c(=O)c(C(=O)N4CCN(c5ccccc5)CC4)cnc3s2)C1. The number of aromatic nitrogens is 3. The van der Waals surface area contributed by atoms with Gasteiger partial charge in [0.1, 0.15) is 5.56 Å². The van der Waals surface area contributed by atoms with Gasteiger partial charge in [0.15, 0.2) is 0 Å². The van der Waals surface area contributed by atoms with E-state index in [0.717, 1.165) is 43.4 Å². The van der Waals surface area contributed by atoms with Crippen LogP contribution in [0.1, 0.15) is 30.1 Å². The average molecular weight is 439 g/mol. The Balaban J connectivity index is 1.33. The lowest BCUT2D eigenvalue weighted by atomic mass is 10.0. The summed E-state index contributed by atoms with van der Waals surface area (Å²) < 4.78 is 1.30. The zero-order valence-electron chi connectivity index (χ0n) is 17.6. The molecule has 0 saturated carbocycles. The molecular formula is C22H26N6O2S. The molecule has 2 aliphatic rings. The van der Waals surface area contributed by atoms with E-state index in [1.54, 1.807) is 4.90 Å². The molecule has 4 heterocycles. The Bertz CT molecular complexity index is 1140. The van der Waals surface area contributed by atoms with Gasteiger partial charge in [-0.25, -0.2) is 4.98 Å². The Hall–Kier alpha value is -2.94. The fourth-order valence-corrected chi connectivity index (χ4v) is 5.29. The second-order valence-corrected chi connectivity index (χ2v) is 9.30. The highest BCUT2D eigenvalue weighted by Crippen LogP contribution is 2.26. The van der Waals surface area contributed by atoms with Crippen molar-refractivity contribution in [3.63, 3.8) is 0 Å². The largest absolute Gasteiger partial charge is 0.368 e. The molecule has 1 atom stereocenters. The molecule has 0 bridgehead atoms. The summed E-state index contributed by atoms with van der Waals surface area (Å²) in [7, 11) is 0. The van der Waals surface area contributed by atoms with Gasteiger partial charge in [-0.05, 0) is 30.9 Å². The number of hydrogen-bond donors (Lipinski definition) is 0. The summed E-state index contributed by atoms with van der Waals surface area (Å²) in [4.78, 5) is 37.3. The number of amides is 1. The molecule has 0 aliphatic carbocycles. The van der Waals surface area contributed by atoms with Gasteiger partial charge in [-0.2, -0.15) is 4.52 Å². The van der Waals surface area contributed by atoms with Crippen molar-refractivity contribution in [1.82, 2.24) is 19.5 Å². The molecule has 0 spiro atoms. The van der Waals surface area contributed by atoms with Crippen molar-refractivity contribution in [1.29, 1.82) is 0 Å². The second-order valence-electron chi connectivity index (χ2n) is 8.36. The maximum absolute atomic E-state index is 13.1. The number of fused-ring (bicyclic) bond motifs is 1. The van der Waals surface area contributed by atoms with Gasteiger partial charge in [-0.15, -0.1) is 5.10 Å². The van der Waals surface area contributed by atoms with Crippen LogP contribution in [0.25, 0.3) is 4.96 Å². The standard InChI is InChI=1S/C22H26N6O2S/c1-16-6-5-9-27(15-16)22-24-28-20(30)18(14-23-21(28)31-22)19(29)26-12-10-25(11-13-26)17-7-3-2-4-8-17/h2-4,7-8,14,16H,5-6,9-13,15H2,1H3. The summed E-state index contributed by atoms with van der Waals surface area (Å²) in [6, 6.07) is 10.2. The van der Waals surface area contributed by atoms with E-state index in [1.807, 2.05) is 18.2 Å². The smallest absolute Gasteiger partial charge is 0.288 e.